The smallest absolute Gasteiger partial charge is 0.0506 e. The average Bonchev–Trinajstić information content (AvgIpc) is 2.41. The van der Waals surface area contributed by atoms with Crippen molar-refractivity contribution in [1.82, 2.24) is 4.90 Å². The van der Waals surface area contributed by atoms with Crippen molar-refractivity contribution in [2.24, 2.45) is 5.92 Å². The van der Waals surface area contributed by atoms with E-state index in [0.717, 1.165) is 45.0 Å². The van der Waals surface area contributed by atoms with Gasteiger partial charge in [-0.25, -0.2) is 0 Å². The lowest BCUT2D eigenvalue weighted by Gasteiger charge is -2.33. The summed E-state index contributed by atoms with van der Waals surface area (Å²) in [4.78, 5) is 2.54. The highest BCUT2D eigenvalue weighted by molar-refractivity contribution is 5.51. The number of anilines is 1. The molecule has 0 saturated carbocycles. The Morgan fingerprint density at radius 3 is 3.17 bits per heavy atom. The van der Waals surface area contributed by atoms with Gasteiger partial charge in [0.15, 0.2) is 0 Å². The predicted octanol–water partition coefficient (Wildman–Crippen LogP) is 2.05. The van der Waals surface area contributed by atoms with Crippen LogP contribution in [0.1, 0.15) is 24.0 Å². The third-order valence-electron chi connectivity index (χ3n) is 4.16. The van der Waals surface area contributed by atoms with Crippen LogP contribution >= 0.6 is 0 Å². The van der Waals surface area contributed by atoms with Gasteiger partial charge in [-0.2, -0.15) is 0 Å². The summed E-state index contributed by atoms with van der Waals surface area (Å²) in [6.07, 6.45) is 3.67. The molecule has 3 rings (SSSR count). The monoisotopic (exact) mass is 246 g/mol. The lowest BCUT2D eigenvalue weighted by Crippen LogP contribution is -2.37. The van der Waals surface area contributed by atoms with Crippen LogP contribution in [-0.2, 0) is 17.7 Å². The van der Waals surface area contributed by atoms with E-state index in [9.17, 15) is 0 Å². The first kappa shape index (κ1) is 12.0. The molecule has 0 bridgehead atoms. The number of nitrogen functional groups attached to an aromatic ring is 1. The SMILES string of the molecule is Nc1cccc2c1CN(CC1CCCOC1)CC2. The normalized spacial score (nSPS) is 24.8. The van der Waals surface area contributed by atoms with Crippen LogP contribution in [0.5, 0.6) is 0 Å². The van der Waals surface area contributed by atoms with Gasteiger partial charge in [-0.1, -0.05) is 12.1 Å². The molecule has 0 amide bonds. The third kappa shape index (κ3) is 2.52. The number of nitrogens with two attached hydrogens (primary N) is 1. The standard InChI is InChI=1S/C15H22N2O/c16-15-5-1-4-13-6-7-17(10-14(13)15)9-12-3-2-8-18-11-12/h1,4-5,12H,2-3,6-11,16H2. The van der Waals surface area contributed by atoms with Crippen molar-refractivity contribution < 1.29 is 4.74 Å². The van der Waals surface area contributed by atoms with Crippen molar-refractivity contribution in [2.45, 2.75) is 25.8 Å². The summed E-state index contributed by atoms with van der Waals surface area (Å²) >= 11 is 0. The van der Waals surface area contributed by atoms with Gasteiger partial charge in [0.05, 0.1) is 6.61 Å². The maximum Gasteiger partial charge on any atom is 0.0506 e. The molecule has 98 valence electrons. The first-order valence-electron chi connectivity index (χ1n) is 6.99. The Hall–Kier alpha value is -1.06. The van der Waals surface area contributed by atoms with Gasteiger partial charge in [-0.05, 0) is 42.4 Å². The molecular weight excluding hydrogens is 224 g/mol. The summed E-state index contributed by atoms with van der Waals surface area (Å²) in [5.74, 6) is 0.713. The van der Waals surface area contributed by atoms with Crippen LogP contribution in [0.4, 0.5) is 5.69 Å². The number of hydrogen-bond acceptors (Lipinski definition) is 3. The fourth-order valence-electron chi connectivity index (χ4n) is 3.14. The maximum absolute atomic E-state index is 6.09. The lowest BCUT2D eigenvalue weighted by atomic mass is 9.96. The highest BCUT2D eigenvalue weighted by Gasteiger charge is 2.22. The molecule has 0 aliphatic carbocycles. The highest BCUT2D eigenvalue weighted by Crippen LogP contribution is 2.25. The van der Waals surface area contributed by atoms with E-state index in [1.54, 1.807) is 0 Å². The zero-order chi connectivity index (χ0) is 12.4. The van der Waals surface area contributed by atoms with E-state index >= 15 is 0 Å². The Balaban J connectivity index is 1.65. The van der Waals surface area contributed by atoms with Crippen molar-refractivity contribution in [3.8, 4) is 0 Å². The molecule has 2 aliphatic heterocycles. The number of rotatable bonds is 2. The second-order valence-electron chi connectivity index (χ2n) is 5.55. The van der Waals surface area contributed by atoms with E-state index in [-0.39, 0.29) is 0 Å². The largest absolute Gasteiger partial charge is 0.398 e. The summed E-state index contributed by atoms with van der Waals surface area (Å²) in [6, 6.07) is 6.30. The Kier molecular flexibility index (Phi) is 3.52. The van der Waals surface area contributed by atoms with Crippen molar-refractivity contribution in [3.63, 3.8) is 0 Å². The first-order valence-corrected chi connectivity index (χ1v) is 6.99. The molecule has 1 atom stereocenters. The molecule has 0 spiro atoms. The molecule has 2 N–H and O–H groups in total. The van der Waals surface area contributed by atoms with Gasteiger partial charge in [0.1, 0.15) is 0 Å². The molecule has 1 aromatic rings. The van der Waals surface area contributed by atoms with Gasteiger partial charge in [-0.3, -0.25) is 4.90 Å². The Morgan fingerprint density at radius 1 is 1.39 bits per heavy atom. The lowest BCUT2D eigenvalue weighted by molar-refractivity contribution is 0.0364. The van der Waals surface area contributed by atoms with Gasteiger partial charge >= 0.3 is 0 Å². The zero-order valence-corrected chi connectivity index (χ0v) is 10.9. The molecule has 2 heterocycles. The second kappa shape index (κ2) is 5.29. The van der Waals surface area contributed by atoms with Crippen molar-refractivity contribution in [3.05, 3.63) is 29.3 Å². The first-order chi connectivity index (χ1) is 8.83. The number of fused-ring (bicyclic) bond motifs is 1. The van der Waals surface area contributed by atoms with Gasteiger partial charge in [0.25, 0.3) is 0 Å². The molecule has 18 heavy (non-hydrogen) atoms. The zero-order valence-electron chi connectivity index (χ0n) is 10.9. The van der Waals surface area contributed by atoms with Crippen molar-refractivity contribution >= 4 is 5.69 Å². The Bertz CT molecular complexity index is 413. The highest BCUT2D eigenvalue weighted by atomic mass is 16.5. The van der Waals surface area contributed by atoms with Crippen LogP contribution in [0.3, 0.4) is 0 Å². The predicted molar refractivity (Wildman–Crippen MR) is 73.4 cm³/mol. The molecule has 1 aromatic carbocycles. The summed E-state index contributed by atoms with van der Waals surface area (Å²) in [6.45, 7) is 5.22. The summed E-state index contributed by atoms with van der Waals surface area (Å²) in [7, 11) is 0. The minimum Gasteiger partial charge on any atom is -0.398 e. The minimum absolute atomic E-state index is 0.713. The molecule has 3 heteroatoms. The van der Waals surface area contributed by atoms with Crippen LogP contribution in [0.25, 0.3) is 0 Å². The van der Waals surface area contributed by atoms with Gasteiger partial charge in [0.2, 0.25) is 0 Å². The molecule has 3 nitrogen and oxygen atoms in total. The fraction of sp³-hybridized carbons (Fsp3) is 0.600. The topological polar surface area (TPSA) is 38.5 Å². The molecule has 0 aromatic heterocycles. The van der Waals surface area contributed by atoms with E-state index in [4.69, 9.17) is 10.5 Å². The fourth-order valence-corrected chi connectivity index (χ4v) is 3.14. The van der Waals surface area contributed by atoms with Gasteiger partial charge in [-0.15, -0.1) is 0 Å². The van der Waals surface area contributed by atoms with E-state index in [2.05, 4.69) is 17.0 Å². The molecule has 2 aliphatic rings. The quantitative estimate of drug-likeness (QED) is 0.812. The van der Waals surface area contributed by atoms with Crippen LogP contribution in [0.15, 0.2) is 18.2 Å². The van der Waals surface area contributed by atoms with E-state index < -0.39 is 0 Å². The molecule has 1 saturated heterocycles. The average molecular weight is 246 g/mol. The van der Waals surface area contributed by atoms with Gasteiger partial charge < -0.3 is 10.5 Å². The van der Waals surface area contributed by atoms with Crippen molar-refractivity contribution in [1.29, 1.82) is 0 Å². The number of hydrogen-bond donors (Lipinski definition) is 1. The molecular formula is C15H22N2O. The van der Waals surface area contributed by atoms with Crippen LogP contribution < -0.4 is 5.73 Å². The summed E-state index contributed by atoms with van der Waals surface area (Å²) in [5.41, 5.74) is 9.82. The van der Waals surface area contributed by atoms with Crippen LogP contribution in [-0.4, -0.2) is 31.2 Å². The van der Waals surface area contributed by atoms with Crippen molar-refractivity contribution in [2.75, 3.05) is 32.0 Å². The third-order valence-corrected chi connectivity index (χ3v) is 4.16. The Morgan fingerprint density at radius 2 is 2.33 bits per heavy atom. The summed E-state index contributed by atoms with van der Waals surface area (Å²) in [5, 5.41) is 0. The maximum atomic E-state index is 6.09. The number of nitrogens with zero attached hydrogens (tertiary/aromatic N) is 1. The van der Waals surface area contributed by atoms with Gasteiger partial charge in [0, 0.05) is 31.9 Å². The van der Waals surface area contributed by atoms with Crippen LogP contribution in [0, 0.1) is 5.92 Å². The molecule has 1 unspecified atom stereocenters. The Labute approximate surface area is 109 Å². The molecule has 1 fully saturated rings. The van der Waals surface area contributed by atoms with Crippen LogP contribution in [0.2, 0.25) is 0 Å². The summed E-state index contributed by atoms with van der Waals surface area (Å²) < 4.78 is 5.57. The van der Waals surface area contributed by atoms with E-state index in [1.165, 1.54) is 24.0 Å². The minimum atomic E-state index is 0.713. The van der Waals surface area contributed by atoms with E-state index in [0.29, 0.717) is 5.92 Å². The molecule has 0 radical (unpaired) electrons. The number of ether oxygens (including phenoxy) is 1. The second-order valence-corrected chi connectivity index (χ2v) is 5.55. The number of benzene rings is 1. The van der Waals surface area contributed by atoms with E-state index in [1.807, 2.05) is 6.07 Å².